The molecule has 0 aliphatic carbocycles. The highest BCUT2D eigenvalue weighted by molar-refractivity contribution is 5.81. The van der Waals surface area contributed by atoms with Gasteiger partial charge in [0.25, 0.3) is 0 Å². The maximum Gasteiger partial charge on any atom is 0.320 e. The van der Waals surface area contributed by atoms with Crippen LogP contribution in [-0.2, 0) is 14.3 Å². The lowest BCUT2D eigenvalue weighted by Gasteiger charge is -2.34. The molecule has 1 rings (SSSR count). The number of carbonyl (C=O) groups is 2. The van der Waals surface area contributed by atoms with Crippen LogP contribution in [0.4, 0.5) is 0 Å². The van der Waals surface area contributed by atoms with E-state index in [4.69, 9.17) is 4.74 Å². The van der Waals surface area contributed by atoms with Crippen molar-refractivity contribution >= 4 is 11.9 Å². The molecule has 0 bridgehead atoms. The van der Waals surface area contributed by atoms with Crippen molar-refractivity contribution in [2.75, 3.05) is 19.6 Å². The van der Waals surface area contributed by atoms with Gasteiger partial charge in [0.2, 0.25) is 5.91 Å². The molecule has 1 heterocycles. The van der Waals surface area contributed by atoms with Gasteiger partial charge in [-0.05, 0) is 40.2 Å². The summed E-state index contributed by atoms with van der Waals surface area (Å²) < 4.78 is 5.34. The molecule has 0 aromatic heterocycles. The monoisotopic (exact) mass is 298 g/mol. The third kappa shape index (κ3) is 6.93. The summed E-state index contributed by atoms with van der Waals surface area (Å²) in [5.41, 5.74) is -0.833. The average molecular weight is 298 g/mol. The second-order valence-electron chi connectivity index (χ2n) is 7.88. The Morgan fingerprint density at radius 1 is 1.19 bits per heavy atom. The minimum Gasteiger partial charge on any atom is -0.459 e. The van der Waals surface area contributed by atoms with Gasteiger partial charge in [-0.2, -0.15) is 0 Å². The maximum atomic E-state index is 12.0. The number of rotatable bonds is 3. The first-order valence-electron chi connectivity index (χ1n) is 7.72. The zero-order valence-corrected chi connectivity index (χ0v) is 14.3. The van der Waals surface area contributed by atoms with Gasteiger partial charge in [0.15, 0.2) is 0 Å². The summed E-state index contributed by atoms with van der Waals surface area (Å²) in [7, 11) is 0. The van der Waals surface area contributed by atoms with E-state index >= 15 is 0 Å². The molecule has 122 valence electrons. The van der Waals surface area contributed by atoms with E-state index in [0.717, 1.165) is 19.4 Å². The SMILES string of the molecule is CC(C)(C)OC(=O)CN1CCCC(NC(=O)C(C)(C)C)C1. The third-order valence-corrected chi connectivity index (χ3v) is 3.29. The molecule has 0 spiro atoms. The predicted octanol–water partition coefficient (Wildman–Crippen LogP) is 1.95. The maximum absolute atomic E-state index is 12.0. The molecule has 1 aliphatic rings. The van der Waals surface area contributed by atoms with Crippen molar-refractivity contribution in [2.45, 2.75) is 66.0 Å². The number of hydrogen-bond donors (Lipinski definition) is 1. The van der Waals surface area contributed by atoms with Crippen LogP contribution in [0.2, 0.25) is 0 Å². The summed E-state index contributed by atoms with van der Waals surface area (Å²) in [4.78, 5) is 26.0. The smallest absolute Gasteiger partial charge is 0.320 e. The number of ether oxygens (including phenoxy) is 1. The number of hydrogen-bond acceptors (Lipinski definition) is 4. The number of esters is 1. The lowest BCUT2D eigenvalue weighted by molar-refractivity contribution is -0.156. The van der Waals surface area contributed by atoms with Crippen LogP contribution >= 0.6 is 0 Å². The summed E-state index contributed by atoms with van der Waals surface area (Å²) in [6.07, 6.45) is 1.95. The zero-order chi connectivity index (χ0) is 16.3. The summed E-state index contributed by atoms with van der Waals surface area (Å²) in [6.45, 7) is 13.2. The number of likely N-dealkylation sites (tertiary alicyclic amines) is 1. The van der Waals surface area contributed by atoms with Gasteiger partial charge in [0, 0.05) is 18.0 Å². The van der Waals surface area contributed by atoms with Gasteiger partial charge in [-0.1, -0.05) is 20.8 Å². The van der Waals surface area contributed by atoms with Crippen LogP contribution in [0.5, 0.6) is 0 Å². The van der Waals surface area contributed by atoms with E-state index in [1.807, 2.05) is 41.5 Å². The number of carbonyl (C=O) groups excluding carboxylic acids is 2. The minimum atomic E-state index is -0.452. The highest BCUT2D eigenvalue weighted by atomic mass is 16.6. The van der Waals surface area contributed by atoms with E-state index in [1.165, 1.54) is 0 Å². The standard InChI is InChI=1S/C16H30N2O3/c1-15(2,3)14(20)17-12-8-7-9-18(10-12)11-13(19)21-16(4,5)6/h12H,7-11H2,1-6H3,(H,17,20). The molecular formula is C16H30N2O3. The van der Waals surface area contributed by atoms with E-state index in [1.54, 1.807) is 0 Å². The number of nitrogens with zero attached hydrogens (tertiary/aromatic N) is 1. The fourth-order valence-corrected chi connectivity index (χ4v) is 2.28. The van der Waals surface area contributed by atoms with Gasteiger partial charge in [0.1, 0.15) is 5.60 Å². The Balaban J connectivity index is 2.46. The number of piperidine rings is 1. The van der Waals surface area contributed by atoms with Crippen molar-refractivity contribution in [3.63, 3.8) is 0 Å². The Bertz CT molecular complexity index is 380. The largest absolute Gasteiger partial charge is 0.459 e. The summed E-state index contributed by atoms with van der Waals surface area (Å²) >= 11 is 0. The Kier molecular flexibility index (Phi) is 5.79. The molecular weight excluding hydrogens is 268 g/mol. The first-order valence-corrected chi connectivity index (χ1v) is 7.72. The summed E-state index contributed by atoms with van der Waals surface area (Å²) in [5.74, 6) is -0.142. The second-order valence-corrected chi connectivity index (χ2v) is 7.88. The quantitative estimate of drug-likeness (QED) is 0.809. The highest BCUT2D eigenvalue weighted by Crippen LogP contribution is 2.16. The molecule has 0 saturated carbocycles. The Morgan fingerprint density at radius 2 is 1.81 bits per heavy atom. The Labute approximate surface area is 128 Å². The molecule has 1 aliphatic heterocycles. The lowest BCUT2D eigenvalue weighted by Crippen LogP contribution is -2.51. The van der Waals surface area contributed by atoms with Crippen molar-refractivity contribution in [1.82, 2.24) is 10.2 Å². The van der Waals surface area contributed by atoms with E-state index in [0.29, 0.717) is 13.1 Å². The van der Waals surface area contributed by atoms with Gasteiger partial charge < -0.3 is 10.1 Å². The predicted molar refractivity (Wildman–Crippen MR) is 82.9 cm³/mol. The zero-order valence-electron chi connectivity index (χ0n) is 14.3. The van der Waals surface area contributed by atoms with E-state index in [-0.39, 0.29) is 23.3 Å². The van der Waals surface area contributed by atoms with E-state index in [2.05, 4.69) is 10.2 Å². The van der Waals surface area contributed by atoms with Crippen LogP contribution in [0, 0.1) is 5.41 Å². The van der Waals surface area contributed by atoms with Crippen LogP contribution in [-0.4, -0.2) is 48.1 Å². The molecule has 5 heteroatoms. The Morgan fingerprint density at radius 3 is 2.33 bits per heavy atom. The normalized spacial score (nSPS) is 21.0. The Hall–Kier alpha value is -1.10. The second kappa shape index (κ2) is 6.77. The van der Waals surface area contributed by atoms with Crippen LogP contribution < -0.4 is 5.32 Å². The van der Waals surface area contributed by atoms with E-state index in [9.17, 15) is 9.59 Å². The van der Waals surface area contributed by atoms with Crippen LogP contribution in [0.1, 0.15) is 54.4 Å². The topological polar surface area (TPSA) is 58.6 Å². The molecule has 21 heavy (non-hydrogen) atoms. The van der Waals surface area contributed by atoms with Gasteiger partial charge in [0.05, 0.1) is 6.54 Å². The number of amides is 1. The van der Waals surface area contributed by atoms with Crippen molar-refractivity contribution in [3.05, 3.63) is 0 Å². The van der Waals surface area contributed by atoms with Gasteiger partial charge in [-0.25, -0.2) is 0 Å². The third-order valence-electron chi connectivity index (χ3n) is 3.29. The van der Waals surface area contributed by atoms with Crippen molar-refractivity contribution < 1.29 is 14.3 Å². The minimum absolute atomic E-state index is 0.0617. The lowest BCUT2D eigenvalue weighted by atomic mass is 9.94. The van der Waals surface area contributed by atoms with Gasteiger partial charge in [-0.15, -0.1) is 0 Å². The summed E-state index contributed by atoms with van der Waals surface area (Å²) in [5, 5.41) is 3.08. The molecule has 1 unspecified atom stereocenters. The first-order chi connectivity index (χ1) is 9.47. The molecule has 5 nitrogen and oxygen atoms in total. The molecule has 1 fully saturated rings. The van der Waals surface area contributed by atoms with Crippen molar-refractivity contribution in [1.29, 1.82) is 0 Å². The molecule has 0 aromatic rings. The van der Waals surface area contributed by atoms with Gasteiger partial charge >= 0.3 is 5.97 Å². The molecule has 1 atom stereocenters. The van der Waals surface area contributed by atoms with Crippen LogP contribution in [0.3, 0.4) is 0 Å². The van der Waals surface area contributed by atoms with E-state index < -0.39 is 5.60 Å². The molecule has 0 radical (unpaired) electrons. The molecule has 1 saturated heterocycles. The van der Waals surface area contributed by atoms with Crippen molar-refractivity contribution in [3.8, 4) is 0 Å². The molecule has 1 N–H and O–H groups in total. The van der Waals surface area contributed by atoms with Gasteiger partial charge in [-0.3, -0.25) is 14.5 Å². The number of nitrogens with one attached hydrogen (secondary N) is 1. The fourth-order valence-electron chi connectivity index (χ4n) is 2.28. The average Bonchev–Trinajstić information content (AvgIpc) is 2.25. The molecule has 1 amide bonds. The van der Waals surface area contributed by atoms with Crippen LogP contribution in [0.25, 0.3) is 0 Å². The van der Waals surface area contributed by atoms with Crippen molar-refractivity contribution in [2.24, 2.45) is 5.41 Å². The molecule has 0 aromatic carbocycles. The van der Waals surface area contributed by atoms with Crippen LogP contribution in [0.15, 0.2) is 0 Å². The highest BCUT2D eigenvalue weighted by Gasteiger charge is 2.28. The summed E-state index contributed by atoms with van der Waals surface area (Å²) in [6, 6.07) is 0.118. The first kappa shape index (κ1) is 18.0. The fraction of sp³-hybridized carbons (Fsp3) is 0.875.